The maximum absolute atomic E-state index is 12.2. The van der Waals surface area contributed by atoms with Crippen LogP contribution in [0.1, 0.15) is 104 Å². The Bertz CT molecular complexity index is 2000. The SMILES string of the molecule is CCC(C)(CC)C(=O)/C=C(\O)C(C)(CC)CC.Cc1cc2c(C3=CC4C=CC=CC4S3)cc(-c3[c-]c4ccccc4c(C(C)(C)C)c3)nc2s1.[Ir]. The second-order valence-electron chi connectivity index (χ2n) is 15.4. The molecule has 6 heteroatoms. The number of carbonyl (C=O) groups is 1. The minimum atomic E-state index is -0.337. The molecule has 2 unspecified atom stereocenters. The van der Waals surface area contributed by atoms with Gasteiger partial charge in [0.15, 0.2) is 5.78 Å². The van der Waals surface area contributed by atoms with Gasteiger partial charge in [-0.05, 0) is 49.7 Å². The molecule has 0 amide bonds. The molecule has 273 valence electrons. The second-order valence-corrected chi connectivity index (χ2v) is 17.9. The van der Waals surface area contributed by atoms with Gasteiger partial charge in [-0.2, -0.15) is 0 Å². The fourth-order valence-corrected chi connectivity index (χ4v) is 8.76. The number of aryl methyl sites for hydroxylation is 1. The Hall–Kier alpha value is -2.76. The number of thiophene rings is 1. The summed E-state index contributed by atoms with van der Waals surface area (Å²) in [5.74, 6) is 0.759. The molecular weight excluding hydrogens is 843 g/mol. The van der Waals surface area contributed by atoms with Crippen LogP contribution in [0, 0.1) is 29.7 Å². The number of fused-ring (bicyclic) bond motifs is 3. The second kappa shape index (κ2) is 16.5. The third-order valence-corrected chi connectivity index (χ3v) is 13.4. The molecule has 0 bridgehead atoms. The van der Waals surface area contributed by atoms with Crippen LogP contribution < -0.4 is 0 Å². The largest absolute Gasteiger partial charge is 0.512 e. The fourth-order valence-electron chi connectivity index (χ4n) is 6.53. The number of ketones is 1. The summed E-state index contributed by atoms with van der Waals surface area (Å²) in [6, 6.07) is 19.2. The molecule has 0 fully saturated rings. The first-order valence-corrected chi connectivity index (χ1v) is 19.9. The molecule has 51 heavy (non-hydrogen) atoms. The van der Waals surface area contributed by atoms with Gasteiger partial charge in [0.25, 0.3) is 0 Å². The van der Waals surface area contributed by atoms with Crippen molar-refractivity contribution in [3.8, 4) is 11.3 Å². The van der Waals surface area contributed by atoms with Crippen LogP contribution >= 0.6 is 23.1 Å². The Kier molecular flexibility index (Phi) is 13.3. The molecule has 0 saturated heterocycles. The first-order chi connectivity index (χ1) is 23.7. The molecule has 2 aromatic carbocycles. The number of nitrogens with zero attached hydrogens (tertiary/aromatic N) is 1. The Balaban J connectivity index is 0.000000279. The number of aliphatic hydroxyl groups is 1. The van der Waals surface area contributed by atoms with E-state index in [0.717, 1.165) is 47.2 Å². The average Bonchev–Trinajstić information content (AvgIpc) is 3.72. The maximum atomic E-state index is 12.2. The van der Waals surface area contributed by atoms with E-state index in [-0.39, 0.29) is 47.9 Å². The van der Waals surface area contributed by atoms with Crippen molar-refractivity contribution in [2.75, 3.05) is 0 Å². The van der Waals surface area contributed by atoms with Crippen LogP contribution in [0.4, 0.5) is 0 Å². The van der Waals surface area contributed by atoms with E-state index in [0.29, 0.717) is 11.2 Å². The van der Waals surface area contributed by atoms with Crippen LogP contribution in [0.25, 0.3) is 37.2 Å². The molecule has 2 aliphatic rings. The number of allylic oxidation sites excluding steroid dienone is 6. The van der Waals surface area contributed by atoms with Gasteiger partial charge in [0.1, 0.15) is 10.6 Å². The molecular formula is C45H54IrNO2S2-. The van der Waals surface area contributed by atoms with Gasteiger partial charge in [0, 0.05) is 69.0 Å². The number of pyridine rings is 1. The van der Waals surface area contributed by atoms with E-state index in [1.807, 2.05) is 53.3 Å². The van der Waals surface area contributed by atoms with Crippen molar-refractivity contribution in [2.24, 2.45) is 16.7 Å². The van der Waals surface area contributed by atoms with Gasteiger partial charge < -0.3 is 5.11 Å². The number of rotatable bonds is 9. The fraction of sp³-hybridized carbons (Fsp3) is 0.422. The van der Waals surface area contributed by atoms with E-state index in [9.17, 15) is 9.90 Å². The molecule has 2 aromatic heterocycles. The van der Waals surface area contributed by atoms with Crippen LogP contribution in [0.3, 0.4) is 0 Å². The van der Waals surface area contributed by atoms with E-state index in [4.69, 9.17) is 4.98 Å². The molecule has 1 radical (unpaired) electrons. The van der Waals surface area contributed by atoms with Crippen LogP contribution in [-0.4, -0.2) is 21.1 Å². The Morgan fingerprint density at radius 2 is 1.55 bits per heavy atom. The zero-order valence-electron chi connectivity index (χ0n) is 31.9. The molecule has 1 aliphatic carbocycles. The van der Waals surface area contributed by atoms with Crippen LogP contribution in [0.5, 0.6) is 0 Å². The maximum Gasteiger partial charge on any atom is 0.164 e. The van der Waals surface area contributed by atoms with Gasteiger partial charge in [-0.25, -0.2) is 0 Å². The molecule has 3 heterocycles. The summed E-state index contributed by atoms with van der Waals surface area (Å²) in [5, 5.41) is 14.3. The summed E-state index contributed by atoms with van der Waals surface area (Å²) in [6.45, 7) is 21.1. The van der Waals surface area contributed by atoms with Gasteiger partial charge in [-0.15, -0.1) is 52.2 Å². The monoisotopic (exact) mass is 897 g/mol. The van der Waals surface area contributed by atoms with Crippen molar-refractivity contribution >= 4 is 54.8 Å². The van der Waals surface area contributed by atoms with Crippen molar-refractivity contribution < 1.29 is 30.0 Å². The van der Waals surface area contributed by atoms with Gasteiger partial charge in [-0.1, -0.05) is 128 Å². The number of thioether (sulfide) groups is 1. The number of aliphatic hydroxyl groups excluding tert-OH is 1. The summed E-state index contributed by atoms with van der Waals surface area (Å²) in [6.07, 6.45) is 16.2. The zero-order chi connectivity index (χ0) is 36.4. The quantitative estimate of drug-likeness (QED) is 0.103. The van der Waals surface area contributed by atoms with Crippen molar-refractivity contribution in [1.29, 1.82) is 0 Å². The van der Waals surface area contributed by atoms with Gasteiger partial charge >= 0.3 is 0 Å². The third kappa shape index (κ3) is 8.73. The summed E-state index contributed by atoms with van der Waals surface area (Å²) in [7, 11) is 0. The number of aromatic nitrogens is 1. The molecule has 1 aliphatic heterocycles. The molecule has 2 atom stereocenters. The first kappa shape index (κ1) is 41.0. The van der Waals surface area contributed by atoms with E-state index in [1.54, 1.807) is 11.3 Å². The molecule has 1 N–H and O–H groups in total. The summed E-state index contributed by atoms with van der Waals surface area (Å²) >= 11 is 3.76. The number of hydrogen-bond acceptors (Lipinski definition) is 5. The van der Waals surface area contributed by atoms with Gasteiger partial charge in [-0.3, -0.25) is 9.78 Å². The molecule has 0 spiro atoms. The average molecular weight is 897 g/mol. The van der Waals surface area contributed by atoms with E-state index < -0.39 is 0 Å². The summed E-state index contributed by atoms with van der Waals surface area (Å²) in [4.78, 5) is 21.1. The Morgan fingerprint density at radius 3 is 2.18 bits per heavy atom. The van der Waals surface area contributed by atoms with Crippen molar-refractivity contribution in [1.82, 2.24) is 4.98 Å². The molecule has 3 nitrogen and oxygen atoms in total. The first-order valence-electron chi connectivity index (χ1n) is 18.2. The summed E-state index contributed by atoms with van der Waals surface area (Å²) < 4.78 is 0. The minimum Gasteiger partial charge on any atom is -0.512 e. The number of carbonyl (C=O) groups excluding carboxylic acids is 1. The van der Waals surface area contributed by atoms with Gasteiger partial charge in [0.05, 0.1) is 0 Å². The Morgan fingerprint density at radius 1 is 0.902 bits per heavy atom. The normalized spacial score (nSPS) is 17.5. The molecule has 6 rings (SSSR count). The predicted octanol–water partition coefficient (Wildman–Crippen LogP) is 13.4. The van der Waals surface area contributed by atoms with Gasteiger partial charge in [0.2, 0.25) is 0 Å². The topological polar surface area (TPSA) is 50.2 Å². The minimum absolute atomic E-state index is 0. The zero-order valence-corrected chi connectivity index (χ0v) is 36.0. The van der Waals surface area contributed by atoms with Crippen molar-refractivity contribution in [2.45, 2.75) is 106 Å². The molecule has 0 saturated carbocycles. The molecule has 4 aromatic rings. The third-order valence-electron chi connectivity index (χ3n) is 11.1. The summed E-state index contributed by atoms with van der Waals surface area (Å²) in [5.41, 5.74) is 4.17. The van der Waals surface area contributed by atoms with Crippen LogP contribution in [0.2, 0.25) is 0 Å². The predicted molar refractivity (Wildman–Crippen MR) is 219 cm³/mol. The van der Waals surface area contributed by atoms with Crippen LogP contribution in [0.15, 0.2) is 84.7 Å². The van der Waals surface area contributed by atoms with Crippen molar-refractivity contribution in [3.63, 3.8) is 0 Å². The smallest absolute Gasteiger partial charge is 0.164 e. The number of benzene rings is 2. The number of hydrogen-bond donors (Lipinski definition) is 1. The Labute approximate surface area is 328 Å². The van der Waals surface area contributed by atoms with E-state index >= 15 is 0 Å². The van der Waals surface area contributed by atoms with Crippen LogP contribution in [-0.2, 0) is 30.3 Å². The standard InChI is InChI=1S/C30H26NS2.C15H28O2.Ir/c1-18-13-24-23(28-16-20-10-6-8-12-27(20)33-28)17-26(31-29(24)32-18)21-14-19-9-5-7-11-22(19)25(15-21)30(2,3)4;1-7-14(5,8-2)12(16)11-13(17)15(6,9-3)10-4;/h5-13,15-17,20,27H,1-4H3;11,16H,7-10H2,1-6H3;/q-1;;/b;12-11-;. The van der Waals surface area contributed by atoms with E-state index in [2.05, 4.69) is 107 Å². The van der Waals surface area contributed by atoms with E-state index in [1.165, 1.54) is 37.8 Å². The van der Waals surface area contributed by atoms with Crippen molar-refractivity contribution in [3.05, 3.63) is 107 Å².